The third-order valence-electron chi connectivity index (χ3n) is 4.12. The Bertz CT molecular complexity index is 453. The largest absolute Gasteiger partial charge is 0.392 e. The van der Waals surface area contributed by atoms with E-state index in [-0.39, 0.29) is 11.5 Å². The molecule has 1 aromatic carbocycles. The topological polar surface area (TPSA) is 29.3 Å². The van der Waals surface area contributed by atoms with E-state index in [0.29, 0.717) is 4.99 Å². The molecule has 1 atom stereocenters. The van der Waals surface area contributed by atoms with Crippen LogP contribution >= 0.6 is 12.2 Å². The second-order valence-corrected chi connectivity index (χ2v) is 7.24. The van der Waals surface area contributed by atoms with Crippen LogP contribution in [0.2, 0.25) is 0 Å². The molecule has 0 spiro atoms. The molecular weight excluding hydrogens is 264 g/mol. The molecule has 1 saturated heterocycles. The summed E-state index contributed by atoms with van der Waals surface area (Å²) in [5.74, 6) is 0. The molecule has 0 radical (unpaired) electrons. The Morgan fingerprint density at radius 3 is 2.10 bits per heavy atom. The highest BCUT2D eigenvalue weighted by Crippen LogP contribution is 2.28. The summed E-state index contributed by atoms with van der Waals surface area (Å²) in [7, 11) is 0. The molecule has 1 fully saturated rings. The van der Waals surface area contributed by atoms with Gasteiger partial charge in [0.2, 0.25) is 0 Å². The molecule has 110 valence electrons. The lowest BCUT2D eigenvalue weighted by atomic mass is 9.86. The summed E-state index contributed by atoms with van der Waals surface area (Å²) in [6.07, 6.45) is 3.82. The highest BCUT2D eigenvalue weighted by molar-refractivity contribution is 7.80. The van der Waals surface area contributed by atoms with Gasteiger partial charge in [-0.1, -0.05) is 63.7 Å². The molecule has 1 aliphatic rings. The van der Waals surface area contributed by atoms with Gasteiger partial charge in [-0.2, -0.15) is 0 Å². The van der Waals surface area contributed by atoms with Crippen LogP contribution in [0.5, 0.6) is 0 Å². The van der Waals surface area contributed by atoms with E-state index in [4.69, 9.17) is 18.0 Å². The molecule has 0 saturated carbocycles. The van der Waals surface area contributed by atoms with Crippen molar-refractivity contribution >= 4 is 17.2 Å². The molecule has 1 aromatic rings. The van der Waals surface area contributed by atoms with Gasteiger partial charge in [0.1, 0.15) is 0 Å². The number of nitrogens with two attached hydrogens (primary N) is 1. The number of benzene rings is 1. The summed E-state index contributed by atoms with van der Waals surface area (Å²) in [5.41, 5.74) is 8.77. The summed E-state index contributed by atoms with van der Waals surface area (Å²) in [5, 5.41) is 0. The molecule has 1 unspecified atom stereocenters. The molecule has 2 N–H and O–H groups in total. The average molecular weight is 290 g/mol. The third kappa shape index (κ3) is 3.58. The van der Waals surface area contributed by atoms with E-state index in [1.54, 1.807) is 0 Å². The van der Waals surface area contributed by atoms with E-state index < -0.39 is 0 Å². The van der Waals surface area contributed by atoms with Crippen LogP contribution in [0.4, 0.5) is 0 Å². The normalized spacial score (nSPS) is 18.8. The fourth-order valence-corrected chi connectivity index (χ4v) is 3.18. The summed E-state index contributed by atoms with van der Waals surface area (Å²) < 4.78 is 0. The monoisotopic (exact) mass is 290 g/mol. The number of thiocarbonyl (C=S) groups is 1. The molecule has 2 rings (SSSR count). The third-order valence-corrected chi connectivity index (χ3v) is 4.34. The first-order valence-electron chi connectivity index (χ1n) is 7.53. The van der Waals surface area contributed by atoms with Gasteiger partial charge in [-0.25, -0.2) is 0 Å². The van der Waals surface area contributed by atoms with Gasteiger partial charge in [-0.15, -0.1) is 0 Å². The van der Waals surface area contributed by atoms with Gasteiger partial charge in [0, 0.05) is 0 Å². The molecule has 20 heavy (non-hydrogen) atoms. The van der Waals surface area contributed by atoms with Gasteiger partial charge in [0.15, 0.2) is 0 Å². The van der Waals surface area contributed by atoms with Crippen molar-refractivity contribution in [1.82, 2.24) is 4.90 Å². The maximum absolute atomic E-state index is 6.01. The van der Waals surface area contributed by atoms with Crippen molar-refractivity contribution in [1.29, 1.82) is 0 Å². The van der Waals surface area contributed by atoms with Crippen molar-refractivity contribution in [2.45, 2.75) is 51.5 Å². The van der Waals surface area contributed by atoms with E-state index in [2.05, 4.69) is 49.9 Å². The van der Waals surface area contributed by atoms with Crippen molar-refractivity contribution < 1.29 is 0 Å². The molecule has 1 aliphatic heterocycles. The van der Waals surface area contributed by atoms with Gasteiger partial charge in [0.25, 0.3) is 0 Å². The van der Waals surface area contributed by atoms with Crippen molar-refractivity contribution in [2.24, 2.45) is 5.73 Å². The molecule has 0 aromatic heterocycles. The second-order valence-electron chi connectivity index (χ2n) is 6.77. The highest BCUT2D eigenvalue weighted by atomic mass is 32.1. The Morgan fingerprint density at radius 2 is 1.65 bits per heavy atom. The van der Waals surface area contributed by atoms with Gasteiger partial charge in [-0.05, 0) is 42.5 Å². The van der Waals surface area contributed by atoms with Crippen LogP contribution in [0.15, 0.2) is 24.3 Å². The van der Waals surface area contributed by atoms with Crippen molar-refractivity contribution in [3.63, 3.8) is 0 Å². The summed E-state index contributed by atoms with van der Waals surface area (Å²) in [4.78, 5) is 3.02. The van der Waals surface area contributed by atoms with E-state index in [1.165, 1.54) is 30.4 Å². The van der Waals surface area contributed by atoms with E-state index >= 15 is 0 Å². The number of hydrogen-bond donors (Lipinski definition) is 1. The SMILES string of the molecule is CC(C)(C)c1ccc(C(C(N)=S)N2CCCCC2)cc1. The van der Waals surface area contributed by atoms with E-state index in [1.807, 2.05) is 0 Å². The lowest BCUT2D eigenvalue weighted by Gasteiger charge is -2.34. The smallest absolute Gasteiger partial charge is 0.0948 e. The first-order valence-corrected chi connectivity index (χ1v) is 7.94. The second kappa shape index (κ2) is 6.23. The number of piperidine rings is 1. The Hall–Kier alpha value is -0.930. The minimum Gasteiger partial charge on any atom is -0.392 e. The van der Waals surface area contributed by atoms with Crippen LogP contribution in [0.3, 0.4) is 0 Å². The van der Waals surface area contributed by atoms with Crippen molar-refractivity contribution in [3.8, 4) is 0 Å². The zero-order chi connectivity index (χ0) is 14.8. The number of likely N-dealkylation sites (tertiary alicyclic amines) is 1. The van der Waals surface area contributed by atoms with Gasteiger partial charge in [0.05, 0.1) is 11.0 Å². The lowest BCUT2D eigenvalue weighted by molar-refractivity contribution is 0.203. The quantitative estimate of drug-likeness (QED) is 0.859. The standard InChI is InChI=1S/C17H26N2S/c1-17(2,3)14-9-7-13(8-10-14)15(16(18)20)19-11-5-4-6-12-19/h7-10,15H,4-6,11-12H2,1-3H3,(H2,18,20). The summed E-state index contributed by atoms with van der Waals surface area (Å²) >= 11 is 5.32. The zero-order valence-electron chi connectivity index (χ0n) is 12.9. The zero-order valence-corrected chi connectivity index (χ0v) is 13.7. The molecule has 0 aliphatic carbocycles. The number of hydrogen-bond acceptors (Lipinski definition) is 2. The van der Waals surface area contributed by atoms with Crippen LogP contribution in [0.1, 0.15) is 57.2 Å². The lowest BCUT2D eigenvalue weighted by Crippen LogP contribution is -2.40. The van der Waals surface area contributed by atoms with Crippen LogP contribution < -0.4 is 5.73 Å². The van der Waals surface area contributed by atoms with Crippen molar-refractivity contribution in [2.75, 3.05) is 13.1 Å². The fourth-order valence-electron chi connectivity index (χ4n) is 2.90. The average Bonchev–Trinajstić information content (AvgIpc) is 2.39. The minimum absolute atomic E-state index is 0.0966. The van der Waals surface area contributed by atoms with Gasteiger partial charge < -0.3 is 5.73 Å². The summed E-state index contributed by atoms with van der Waals surface area (Å²) in [6, 6.07) is 8.91. The Kier molecular flexibility index (Phi) is 4.82. The molecule has 3 heteroatoms. The van der Waals surface area contributed by atoms with Crippen molar-refractivity contribution in [3.05, 3.63) is 35.4 Å². The van der Waals surface area contributed by atoms with E-state index in [9.17, 15) is 0 Å². The Morgan fingerprint density at radius 1 is 1.10 bits per heavy atom. The molecule has 0 bridgehead atoms. The highest BCUT2D eigenvalue weighted by Gasteiger charge is 2.25. The van der Waals surface area contributed by atoms with E-state index in [0.717, 1.165) is 13.1 Å². The number of rotatable bonds is 3. The maximum atomic E-state index is 6.01. The van der Waals surface area contributed by atoms with Gasteiger partial charge in [-0.3, -0.25) is 4.90 Å². The van der Waals surface area contributed by atoms with Crippen LogP contribution in [0.25, 0.3) is 0 Å². The molecule has 2 nitrogen and oxygen atoms in total. The fraction of sp³-hybridized carbons (Fsp3) is 0.588. The Labute approximate surface area is 128 Å². The summed E-state index contributed by atoms with van der Waals surface area (Å²) in [6.45, 7) is 8.90. The maximum Gasteiger partial charge on any atom is 0.0948 e. The predicted molar refractivity (Wildman–Crippen MR) is 90.1 cm³/mol. The molecular formula is C17H26N2S. The number of nitrogens with zero attached hydrogens (tertiary/aromatic N) is 1. The first kappa shape index (κ1) is 15.5. The molecule has 1 heterocycles. The first-order chi connectivity index (χ1) is 9.39. The van der Waals surface area contributed by atoms with Crippen LogP contribution in [-0.4, -0.2) is 23.0 Å². The Balaban J connectivity index is 2.23. The van der Waals surface area contributed by atoms with Crippen LogP contribution in [-0.2, 0) is 5.41 Å². The van der Waals surface area contributed by atoms with Crippen LogP contribution in [0, 0.1) is 0 Å². The minimum atomic E-state index is 0.0966. The molecule has 0 amide bonds. The van der Waals surface area contributed by atoms with Gasteiger partial charge >= 0.3 is 0 Å². The predicted octanol–water partition coefficient (Wildman–Crippen LogP) is 3.80.